The molecule has 0 unspecified atom stereocenters. The molecule has 7 nitrogen and oxygen atoms in total. The van der Waals surface area contributed by atoms with Gasteiger partial charge in [-0.15, -0.1) is 0 Å². The molecular weight excluding hydrogens is 406 g/mol. The van der Waals surface area contributed by atoms with E-state index in [9.17, 15) is 9.59 Å². The lowest BCUT2D eigenvalue weighted by atomic mass is 10.2. The first kappa shape index (κ1) is 22.6. The molecule has 2 N–H and O–H groups in total. The largest absolute Gasteiger partial charge is 0.490 e. The van der Waals surface area contributed by atoms with Crippen LogP contribution in [0.4, 0.5) is 5.69 Å². The van der Waals surface area contributed by atoms with Gasteiger partial charge in [-0.1, -0.05) is 30.3 Å². The van der Waals surface area contributed by atoms with Gasteiger partial charge in [0.2, 0.25) is 0 Å². The highest BCUT2D eigenvalue weighted by molar-refractivity contribution is 5.91. The number of amides is 1. The number of rotatable bonds is 9. The Balaban J connectivity index is 1.58. The second-order valence-electron chi connectivity index (χ2n) is 6.91. The normalized spacial score (nSPS) is 10.6. The highest BCUT2D eigenvalue weighted by Gasteiger charge is 2.13. The van der Waals surface area contributed by atoms with Crippen LogP contribution in [0, 0.1) is 6.92 Å². The summed E-state index contributed by atoms with van der Waals surface area (Å²) < 4.78 is 11.1. The Morgan fingerprint density at radius 1 is 0.969 bits per heavy atom. The van der Waals surface area contributed by atoms with Gasteiger partial charge in [-0.05, 0) is 67.4 Å². The predicted molar refractivity (Wildman–Crippen MR) is 124 cm³/mol. The van der Waals surface area contributed by atoms with Crippen LogP contribution in [0.15, 0.2) is 77.9 Å². The number of ether oxygens (including phenoxy) is 2. The Morgan fingerprint density at radius 3 is 2.53 bits per heavy atom. The molecule has 0 radical (unpaired) electrons. The van der Waals surface area contributed by atoms with Crippen LogP contribution in [-0.2, 0) is 4.79 Å². The van der Waals surface area contributed by atoms with E-state index >= 15 is 0 Å². The monoisotopic (exact) mass is 431 g/mol. The first-order valence-electron chi connectivity index (χ1n) is 10.2. The predicted octanol–water partition coefficient (Wildman–Crippen LogP) is 4.18. The van der Waals surface area contributed by atoms with Crippen molar-refractivity contribution in [1.82, 2.24) is 5.43 Å². The van der Waals surface area contributed by atoms with E-state index in [1.807, 2.05) is 44.2 Å². The minimum atomic E-state index is -0.471. The first-order chi connectivity index (χ1) is 15.5. The Kier molecular flexibility index (Phi) is 7.97. The van der Waals surface area contributed by atoms with Crippen LogP contribution in [0.5, 0.6) is 11.5 Å². The number of carbonyl (C=O) groups is 2. The fourth-order valence-electron chi connectivity index (χ4n) is 2.85. The molecule has 1 amide bonds. The van der Waals surface area contributed by atoms with Gasteiger partial charge in [0.15, 0.2) is 11.5 Å². The summed E-state index contributed by atoms with van der Waals surface area (Å²) in [6.45, 7) is 4.32. The summed E-state index contributed by atoms with van der Waals surface area (Å²) >= 11 is 0. The van der Waals surface area contributed by atoms with Gasteiger partial charge >= 0.3 is 5.97 Å². The molecular formula is C25H25N3O4. The molecule has 0 saturated heterocycles. The molecule has 0 heterocycles. The van der Waals surface area contributed by atoms with Crippen LogP contribution in [0.25, 0.3) is 0 Å². The lowest BCUT2D eigenvalue weighted by molar-refractivity contribution is -0.119. The summed E-state index contributed by atoms with van der Waals surface area (Å²) in [5, 5.41) is 7.03. The molecule has 32 heavy (non-hydrogen) atoms. The molecule has 0 fully saturated rings. The fraction of sp³-hybridized carbons (Fsp3) is 0.160. The summed E-state index contributed by atoms with van der Waals surface area (Å²) in [6.07, 6.45) is 1.50. The van der Waals surface area contributed by atoms with Crippen LogP contribution in [-0.4, -0.2) is 31.2 Å². The molecule has 0 aliphatic rings. The average molecular weight is 431 g/mol. The minimum Gasteiger partial charge on any atom is -0.490 e. The molecule has 0 aliphatic carbocycles. The quantitative estimate of drug-likeness (QED) is 0.230. The van der Waals surface area contributed by atoms with E-state index in [1.54, 1.807) is 42.5 Å². The average Bonchev–Trinajstić information content (AvgIpc) is 2.80. The smallest absolute Gasteiger partial charge is 0.343 e. The molecule has 3 aromatic rings. The second kappa shape index (κ2) is 11.3. The van der Waals surface area contributed by atoms with Gasteiger partial charge in [-0.3, -0.25) is 4.79 Å². The highest BCUT2D eigenvalue weighted by Crippen LogP contribution is 2.29. The maximum Gasteiger partial charge on any atom is 0.343 e. The highest BCUT2D eigenvalue weighted by atomic mass is 16.6. The van der Waals surface area contributed by atoms with Gasteiger partial charge in [0.05, 0.1) is 24.9 Å². The first-order valence-corrected chi connectivity index (χ1v) is 10.2. The van der Waals surface area contributed by atoms with Crippen molar-refractivity contribution in [2.45, 2.75) is 13.8 Å². The number of hydrogen-bond acceptors (Lipinski definition) is 6. The third-order valence-corrected chi connectivity index (χ3v) is 4.35. The number of hydrogen-bond donors (Lipinski definition) is 2. The molecule has 0 bridgehead atoms. The van der Waals surface area contributed by atoms with E-state index in [2.05, 4.69) is 15.8 Å². The molecule has 0 aromatic heterocycles. The van der Waals surface area contributed by atoms with Crippen LogP contribution in [0.2, 0.25) is 0 Å². The van der Waals surface area contributed by atoms with Crippen molar-refractivity contribution in [3.8, 4) is 11.5 Å². The number of benzene rings is 3. The lowest BCUT2D eigenvalue weighted by Gasteiger charge is -2.11. The zero-order chi connectivity index (χ0) is 22.8. The standard InChI is InChI=1S/C25H25N3O4/c1-3-31-23-15-19(12-13-22(23)32-25(30)20-9-5-4-6-10-20)16-27-28-24(29)17-26-21-11-7-8-18(2)14-21/h4-16,26H,3,17H2,1-2H3,(H,28,29)/b27-16+. The van der Waals surface area contributed by atoms with Gasteiger partial charge in [0.1, 0.15) is 0 Å². The van der Waals surface area contributed by atoms with Crippen LogP contribution in [0.1, 0.15) is 28.4 Å². The van der Waals surface area contributed by atoms with E-state index in [-0.39, 0.29) is 12.5 Å². The number of carbonyl (C=O) groups excluding carboxylic acids is 2. The molecule has 7 heteroatoms. The van der Waals surface area contributed by atoms with Crippen LogP contribution < -0.4 is 20.2 Å². The van der Waals surface area contributed by atoms with Gasteiger partial charge in [0.25, 0.3) is 5.91 Å². The zero-order valence-electron chi connectivity index (χ0n) is 18.0. The van der Waals surface area contributed by atoms with E-state index in [0.717, 1.165) is 11.3 Å². The summed E-state index contributed by atoms with van der Waals surface area (Å²) in [5.74, 6) is -0.0278. The molecule has 0 saturated carbocycles. The number of anilines is 1. The molecule has 0 atom stereocenters. The molecule has 3 aromatic carbocycles. The van der Waals surface area contributed by atoms with E-state index < -0.39 is 5.97 Å². The Labute approximate surface area is 187 Å². The van der Waals surface area contributed by atoms with Crippen LogP contribution in [0.3, 0.4) is 0 Å². The Bertz CT molecular complexity index is 1100. The SMILES string of the molecule is CCOc1cc(/C=N/NC(=O)CNc2cccc(C)c2)ccc1OC(=O)c1ccccc1. The number of nitrogens with zero attached hydrogens (tertiary/aromatic N) is 1. The molecule has 0 aliphatic heterocycles. The van der Waals surface area contributed by atoms with Crippen LogP contribution >= 0.6 is 0 Å². The van der Waals surface area contributed by atoms with Crippen molar-refractivity contribution in [1.29, 1.82) is 0 Å². The summed E-state index contributed by atoms with van der Waals surface area (Å²) in [6, 6.07) is 21.5. The van der Waals surface area contributed by atoms with Gasteiger partial charge in [0, 0.05) is 5.69 Å². The van der Waals surface area contributed by atoms with Crippen molar-refractivity contribution in [3.63, 3.8) is 0 Å². The number of hydrazone groups is 1. The Morgan fingerprint density at radius 2 is 1.78 bits per heavy atom. The topological polar surface area (TPSA) is 89.0 Å². The van der Waals surface area contributed by atoms with Gasteiger partial charge in [-0.2, -0.15) is 5.10 Å². The lowest BCUT2D eigenvalue weighted by Crippen LogP contribution is -2.25. The third-order valence-electron chi connectivity index (χ3n) is 4.35. The molecule has 0 spiro atoms. The summed E-state index contributed by atoms with van der Waals surface area (Å²) in [5.41, 5.74) is 5.58. The number of esters is 1. The maximum atomic E-state index is 12.3. The van der Waals surface area contributed by atoms with E-state index in [0.29, 0.717) is 29.2 Å². The zero-order valence-corrected chi connectivity index (χ0v) is 18.0. The van der Waals surface area contributed by atoms with Crippen molar-refractivity contribution < 1.29 is 19.1 Å². The van der Waals surface area contributed by atoms with Crippen molar-refractivity contribution >= 4 is 23.8 Å². The van der Waals surface area contributed by atoms with Crippen molar-refractivity contribution in [2.75, 3.05) is 18.5 Å². The summed E-state index contributed by atoms with van der Waals surface area (Å²) in [4.78, 5) is 24.3. The minimum absolute atomic E-state index is 0.0966. The third kappa shape index (κ3) is 6.70. The second-order valence-corrected chi connectivity index (χ2v) is 6.91. The van der Waals surface area contributed by atoms with E-state index in [1.165, 1.54) is 6.21 Å². The summed E-state index contributed by atoms with van der Waals surface area (Å²) in [7, 11) is 0. The number of aryl methyl sites for hydroxylation is 1. The maximum absolute atomic E-state index is 12.3. The fourth-order valence-corrected chi connectivity index (χ4v) is 2.85. The molecule has 164 valence electrons. The van der Waals surface area contributed by atoms with Gasteiger partial charge in [-0.25, -0.2) is 10.2 Å². The number of nitrogens with one attached hydrogen (secondary N) is 2. The Hall–Kier alpha value is -4.13. The van der Waals surface area contributed by atoms with Gasteiger partial charge < -0.3 is 14.8 Å². The van der Waals surface area contributed by atoms with Crippen molar-refractivity contribution in [2.24, 2.45) is 5.10 Å². The van der Waals surface area contributed by atoms with Crippen molar-refractivity contribution in [3.05, 3.63) is 89.5 Å². The van der Waals surface area contributed by atoms with E-state index in [4.69, 9.17) is 9.47 Å². The molecule has 3 rings (SSSR count).